The summed E-state index contributed by atoms with van der Waals surface area (Å²) in [4.78, 5) is 20.5. The van der Waals surface area contributed by atoms with Crippen LogP contribution < -0.4 is 15.8 Å². The molecule has 2 rings (SSSR count). The van der Waals surface area contributed by atoms with E-state index in [9.17, 15) is 31.5 Å². The summed E-state index contributed by atoms with van der Waals surface area (Å²) in [5.41, 5.74) is 3.72. The van der Waals surface area contributed by atoms with Gasteiger partial charge in [-0.3, -0.25) is 4.79 Å². The summed E-state index contributed by atoms with van der Waals surface area (Å²) >= 11 is 0. The Morgan fingerprint density at radius 2 is 1.81 bits per heavy atom. The van der Waals surface area contributed by atoms with Crippen LogP contribution in [0.2, 0.25) is 6.32 Å². The smallest absolute Gasteiger partial charge is 0.480 e. The molecule has 2 aliphatic rings. The van der Waals surface area contributed by atoms with Crippen LogP contribution in [0.4, 0.5) is 13.2 Å². The van der Waals surface area contributed by atoms with E-state index in [0.29, 0.717) is 25.9 Å². The Bertz CT molecular complexity index is 765. The number of halogens is 3. The first-order valence-electron chi connectivity index (χ1n) is 9.11. The number of hydrogen-bond donors (Lipinski definition) is 7. The molecule has 0 radical (unpaired) electrons. The number of carboxylic acid groups (broad SMARTS) is 2. The molecule has 8 N–H and O–H groups in total. The molecule has 0 amide bonds. The third-order valence-electron chi connectivity index (χ3n) is 4.99. The molecule has 0 aromatic carbocycles. The highest BCUT2D eigenvalue weighted by atomic mass is 32.2. The lowest BCUT2D eigenvalue weighted by molar-refractivity contribution is -0.192. The summed E-state index contributed by atoms with van der Waals surface area (Å²) < 4.78 is 60.5. The van der Waals surface area contributed by atoms with Crippen molar-refractivity contribution >= 4 is 29.3 Å². The zero-order valence-corrected chi connectivity index (χ0v) is 17.4. The SMILES string of the molecule is CC1(NS(=O)(=O)N2C[C@@H](CCCB(O)O)[C@@](N)(C(=O)O)C2)CNC1.O=C(O)C(F)(F)F. The van der Waals surface area contributed by atoms with E-state index in [1.807, 2.05) is 0 Å². The first kappa shape index (κ1) is 27.5. The van der Waals surface area contributed by atoms with Crippen molar-refractivity contribution in [2.24, 2.45) is 11.7 Å². The van der Waals surface area contributed by atoms with Gasteiger partial charge in [-0.2, -0.15) is 30.6 Å². The monoisotopic (exact) mass is 478 g/mol. The van der Waals surface area contributed by atoms with Crippen molar-refractivity contribution in [3.63, 3.8) is 0 Å². The lowest BCUT2D eigenvalue weighted by atomic mass is 9.78. The minimum atomic E-state index is -5.08. The highest BCUT2D eigenvalue weighted by Crippen LogP contribution is 2.32. The normalized spacial score (nSPS) is 25.8. The highest BCUT2D eigenvalue weighted by Gasteiger charge is 2.53. The van der Waals surface area contributed by atoms with Crippen LogP contribution in [0.25, 0.3) is 0 Å². The lowest BCUT2D eigenvalue weighted by Gasteiger charge is -2.40. The molecule has 2 aliphatic heterocycles. The Labute approximate surface area is 176 Å². The van der Waals surface area contributed by atoms with Gasteiger partial charge in [-0.15, -0.1) is 0 Å². The van der Waals surface area contributed by atoms with E-state index in [0.717, 1.165) is 4.31 Å². The molecule has 2 heterocycles. The molecule has 0 aliphatic carbocycles. The second-order valence-electron chi connectivity index (χ2n) is 7.82. The summed E-state index contributed by atoms with van der Waals surface area (Å²) in [6.45, 7) is 2.45. The van der Waals surface area contributed by atoms with Crippen LogP contribution in [-0.2, 0) is 19.8 Å². The van der Waals surface area contributed by atoms with Gasteiger partial charge in [0.2, 0.25) is 0 Å². The Morgan fingerprint density at radius 1 is 1.29 bits per heavy atom. The zero-order chi connectivity index (χ0) is 24.3. The van der Waals surface area contributed by atoms with Gasteiger partial charge in [0.25, 0.3) is 10.2 Å². The number of carboxylic acids is 2. The molecule has 31 heavy (non-hydrogen) atoms. The van der Waals surface area contributed by atoms with Gasteiger partial charge in [0, 0.05) is 32.1 Å². The first-order chi connectivity index (χ1) is 13.9. The fourth-order valence-corrected chi connectivity index (χ4v) is 4.82. The summed E-state index contributed by atoms with van der Waals surface area (Å²) in [5.74, 6) is -4.61. The van der Waals surface area contributed by atoms with Gasteiger partial charge >= 0.3 is 25.2 Å². The van der Waals surface area contributed by atoms with Crippen LogP contribution in [-0.4, -0.2) is 95.5 Å². The van der Waals surface area contributed by atoms with E-state index >= 15 is 0 Å². The van der Waals surface area contributed by atoms with E-state index in [-0.39, 0.29) is 19.4 Å². The number of rotatable bonds is 8. The Hall–Kier alpha value is -1.50. The molecular weight excluding hydrogens is 452 g/mol. The van der Waals surface area contributed by atoms with Crippen LogP contribution in [0.15, 0.2) is 0 Å². The predicted molar refractivity (Wildman–Crippen MR) is 101 cm³/mol. The Morgan fingerprint density at radius 3 is 2.16 bits per heavy atom. The zero-order valence-electron chi connectivity index (χ0n) is 16.6. The van der Waals surface area contributed by atoms with E-state index in [1.54, 1.807) is 6.92 Å². The quantitative estimate of drug-likeness (QED) is 0.187. The van der Waals surface area contributed by atoms with Crippen LogP contribution in [0.3, 0.4) is 0 Å². The second kappa shape index (κ2) is 9.97. The van der Waals surface area contributed by atoms with E-state index in [2.05, 4.69) is 10.0 Å². The molecule has 0 aromatic heterocycles. The van der Waals surface area contributed by atoms with Crippen LogP contribution in [0.1, 0.15) is 19.8 Å². The van der Waals surface area contributed by atoms with Crippen LogP contribution in [0.5, 0.6) is 0 Å². The third-order valence-corrected chi connectivity index (χ3v) is 6.70. The number of hydrogen-bond acceptors (Lipinski definition) is 8. The molecule has 12 nitrogen and oxygen atoms in total. The highest BCUT2D eigenvalue weighted by molar-refractivity contribution is 7.87. The standard InChI is InChI=1S/C12H25BN4O6S.C2HF3O2/c1-11(6-15-7-11)16-24(22,23)17-5-9(3-2-4-13(20)21)12(14,8-17)10(18)19;3-2(4,5)1(6)7/h9,15-16,20-21H,2-8,14H2,1H3,(H,18,19);(H,6,7)/t9-,12-;/m1./s1. The molecule has 0 bridgehead atoms. The average molecular weight is 478 g/mol. The van der Waals surface area contributed by atoms with Crippen molar-refractivity contribution < 1.29 is 51.4 Å². The van der Waals surface area contributed by atoms with Gasteiger partial charge in [-0.05, 0) is 19.7 Å². The summed E-state index contributed by atoms with van der Waals surface area (Å²) in [6.07, 6.45) is -4.36. The fraction of sp³-hybridized carbons (Fsp3) is 0.857. The molecule has 0 saturated carbocycles. The maximum absolute atomic E-state index is 12.5. The van der Waals surface area contributed by atoms with Gasteiger partial charge < -0.3 is 31.3 Å². The van der Waals surface area contributed by atoms with Crippen molar-refractivity contribution in [2.75, 3.05) is 26.2 Å². The summed E-state index contributed by atoms with van der Waals surface area (Å²) in [6, 6.07) is 0. The van der Waals surface area contributed by atoms with Crippen molar-refractivity contribution in [1.82, 2.24) is 14.3 Å². The Kier molecular flexibility index (Phi) is 8.86. The van der Waals surface area contributed by atoms with Gasteiger partial charge in [0.05, 0.1) is 5.54 Å². The molecule has 0 unspecified atom stereocenters. The molecular formula is C14H26BF3N4O8S. The minimum absolute atomic E-state index is 0.0107. The molecule has 0 aromatic rings. The van der Waals surface area contributed by atoms with E-state index < -0.39 is 52.4 Å². The van der Waals surface area contributed by atoms with Gasteiger partial charge in [0.15, 0.2) is 0 Å². The molecule has 2 fully saturated rings. The summed E-state index contributed by atoms with van der Waals surface area (Å²) in [5, 5.41) is 37.3. The number of aliphatic carboxylic acids is 2. The lowest BCUT2D eigenvalue weighted by Crippen LogP contribution is -2.68. The topological polar surface area (TPSA) is 203 Å². The predicted octanol–water partition coefficient (Wildman–Crippen LogP) is -2.22. The van der Waals surface area contributed by atoms with Crippen molar-refractivity contribution in [3.05, 3.63) is 0 Å². The number of nitrogens with one attached hydrogen (secondary N) is 2. The largest absolute Gasteiger partial charge is 0.490 e. The molecule has 0 spiro atoms. The van der Waals surface area contributed by atoms with Crippen molar-refractivity contribution in [3.8, 4) is 0 Å². The second-order valence-corrected chi connectivity index (χ2v) is 9.49. The number of nitrogens with zero attached hydrogens (tertiary/aromatic N) is 1. The minimum Gasteiger partial charge on any atom is -0.480 e. The van der Waals surface area contributed by atoms with Crippen molar-refractivity contribution in [2.45, 2.75) is 43.3 Å². The molecule has 2 atom stereocenters. The van der Waals surface area contributed by atoms with E-state index in [1.165, 1.54) is 0 Å². The van der Waals surface area contributed by atoms with Gasteiger partial charge in [-0.1, -0.05) is 6.42 Å². The van der Waals surface area contributed by atoms with Gasteiger partial charge in [-0.25, -0.2) is 4.79 Å². The van der Waals surface area contributed by atoms with E-state index in [4.69, 9.17) is 25.7 Å². The summed E-state index contributed by atoms with van der Waals surface area (Å²) in [7, 11) is -5.33. The first-order valence-corrected chi connectivity index (χ1v) is 10.6. The number of carbonyl (C=O) groups is 2. The third kappa shape index (κ3) is 7.55. The van der Waals surface area contributed by atoms with Crippen molar-refractivity contribution in [1.29, 1.82) is 0 Å². The van der Waals surface area contributed by atoms with Crippen LogP contribution >= 0.6 is 0 Å². The molecule has 180 valence electrons. The number of alkyl halides is 3. The maximum atomic E-state index is 12.5. The molecule has 2 saturated heterocycles. The van der Waals surface area contributed by atoms with Gasteiger partial charge in [0.1, 0.15) is 5.54 Å². The number of nitrogens with two attached hydrogens (primary N) is 1. The molecule has 17 heteroatoms. The maximum Gasteiger partial charge on any atom is 0.490 e. The Balaban J connectivity index is 0.000000592. The average Bonchev–Trinajstić information content (AvgIpc) is 2.92. The fourth-order valence-electron chi connectivity index (χ4n) is 3.16. The van der Waals surface area contributed by atoms with Crippen LogP contribution in [0, 0.1) is 5.92 Å².